The molecular weight excluding hydrogens is 408 g/mol. The maximum absolute atomic E-state index is 12.2. The lowest BCUT2D eigenvalue weighted by atomic mass is 9.94. The zero-order valence-electron chi connectivity index (χ0n) is 16.2. The third kappa shape index (κ3) is 6.20. The molecule has 0 radical (unpaired) electrons. The number of carbonyl (C=O) groups is 4. The lowest BCUT2D eigenvalue weighted by Gasteiger charge is -2.27. The van der Waals surface area contributed by atoms with Crippen molar-refractivity contribution in [1.29, 1.82) is 5.26 Å². The minimum absolute atomic E-state index is 0.102. The van der Waals surface area contributed by atoms with Crippen LogP contribution in [0.4, 0.5) is 5.69 Å². The van der Waals surface area contributed by atoms with E-state index < -0.39 is 36.8 Å². The molecule has 0 unspecified atom stereocenters. The van der Waals surface area contributed by atoms with Gasteiger partial charge in [0.25, 0.3) is 5.78 Å². The minimum Gasteiger partial charge on any atom is -0.475 e. The maximum Gasteiger partial charge on any atom is 0.372 e. The van der Waals surface area contributed by atoms with E-state index in [9.17, 15) is 19.2 Å². The molecule has 12 nitrogen and oxygen atoms in total. The summed E-state index contributed by atoms with van der Waals surface area (Å²) in [5.74, 6) is -5.11. The molecule has 2 N–H and O–H groups in total. The van der Waals surface area contributed by atoms with Gasteiger partial charge in [-0.05, 0) is 22.8 Å². The van der Waals surface area contributed by atoms with E-state index in [0.717, 1.165) is 5.01 Å². The van der Waals surface area contributed by atoms with Gasteiger partial charge in [0.1, 0.15) is 12.5 Å². The number of nitrogens with zero attached hydrogens (tertiary/aromatic N) is 5. The number of carboxylic acid groups (broad SMARTS) is 1. The van der Waals surface area contributed by atoms with E-state index in [0.29, 0.717) is 17.0 Å². The van der Waals surface area contributed by atoms with Crippen LogP contribution in [-0.2, 0) is 23.9 Å². The number of hydrogen-bond donors (Lipinski definition) is 2. The van der Waals surface area contributed by atoms with E-state index in [4.69, 9.17) is 21.7 Å². The predicted octanol–water partition coefficient (Wildman–Crippen LogP) is 0.972. The number of benzene rings is 1. The van der Waals surface area contributed by atoms with Crippen molar-refractivity contribution in [3.8, 4) is 6.07 Å². The first-order valence-corrected chi connectivity index (χ1v) is 8.77. The van der Waals surface area contributed by atoms with E-state index in [1.165, 1.54) is 0 Å². The fourth-order valence-electron chi connectivity index (χ4n) is 2.49. The molecule has 1 aromatic rings. The summed E-state index contributed by atoms with van der Waals surface area (Å²) in [5, 5.41) is 26.0. The molecule has 0 spiro atoms. The predicted molar refractivity (Wildman–Crippen MR) is 105 cm³/mol. The summed E-state index contributed by atoms with van der Waals surface area (Å²) in [6, 6.07) is 8.31. The molecule has 2 rings (SSSR count). The molecule has 12 heteroatoms. The molecule has 1 aliphatic heterocycles. The van der Waals surface area contributed by atoms with Crippen LogP contribution in [0.2, 0.25) is 0 Å². The first kappa shape index (κ1) is 22.7. The second-order valence-corrected chi connectivity index (χ2v) is 6.28. The van der Waals surface area contributed by atoms with Crippen molar-refractivity contribution in [1.82, 2.24) is 5.01 Å². The van der Waals surface area contributed by atoms with Crippen molar-refractivity contribution in [2.75, 3.05) is 12.2 Å². The third-order valence-corrected chi connectivity index (χ3v) is 4.03. The standard InChI is InChI=1S/C19H16N6O6/c1-11-7-16(27)25(10-31-17(28)8-14(26)19(29)30)24-18(11)12-3-5-13(6-4-12)22-23-15(9-20)21-2/h3-6,11,22H,7-8,10H2,1H3,(H,29,30)/b23-15-/t11-/m1/s1. The molecule has 0 bridgehead atoms. The van der Waals surface area contributed by atoms with Crippen molar-refractivity contribution >= 4 is 40.9 Å². The van der Waals surface area contributed by atoms with Crippen molar-refractivity contribution in [2.45, 2.75) is 19.8 Å². The Bertz CT molecular complexity index is 1030. The van der Waals surface area contributed by atoms with Gasteiger partial charge in [0.2, 0.25) is 5.91 Å². The Balaban J connectivity index is 2.10. The fourth-order valence-corrected chi connectivity index (χ4v) is 2.49. The molecule has 0 saturated carbocycles. The highest BCUT2D eigenvalue weighted by Gasteiger charge is 2.28. The van der Waals surface area contributed by atoms with Gasteiger partial charge >= 0.3 is 17.8 Å². The van der Waals surface area contributed by atoms with Crippen LogP contribution in [0.5, 0.6) is 0 Å². The van der Waals surface area contributed by atoms with Crippen molar-refractivity contribution < 1.29 is 29.0 Å². The van der Waals surface area contributed by atoms with Gasteiger partial charge in [-0.25, -0.2) is 15.5 Å². The maximum atomic E-state index is 12.2. The highest BCUT2D eigenvalue weighted by molar-refractivity contribution is 6.35. The lowest BCUT2D eigenvalue weighted by Crippen LogP contribution is -2.38. The van der Waals surface area contributed by atoms with Crippen LogP contribution < -0.4 is 5.43 Å². The zero-order chi connectivity index (χ0) is 23.0. The number of Topliss-reactive ketones (excluding diaryl/α,β-unsaturated/α-hetero) is 1. The van der Waals surface area contributed by atoms with Crippen LogP contribution in [0, 0.1) is 23.8 Å². The van der Waals surface area contributed by atoms with Crippen LogP contribution in [0.3, 0.4) is 0 Å². The van der Waals surface area contributed by atoms with Gasteiger partial charge in [-0.2, -0.15) is 10.1 Å². The second-order valence-electron chi connectivity index (χ2n) is 6.28. The fraction of sp³-hybridized carbons (Fsp3) is 0.263. The molecule has 0 fully saturated rings. The van der Waals surface area contributed by atoms with Crippen LogP contribution in [0.1, 0.15) is 25.3 Å². The molecule has 1 aliphatic rings. The number of nitrogens with one attached hydrogen (secondary N) is 1. The number of aliphatic carboxylic acids is 1. The average molecular weight is 424 g/mol. The summed E-state index contributed by atoms with van der Waals surface area (Å²) in [4.78, 5) is 48.2. The summed E-state index contributed by atoms with van der Waals surface area (Å²) < 4.78 is 4.79. The van der Waals surface area contributed by atoms with Gasteiger partial charge in [-0.1, -0.05) is 25.6 Å². The Morgan fingerprint density at radius 1 is 1.42 bits per heavy atom. The number of esters is 1. The van der Waals surface area contributed by atoms with Crippen molar-refractivity contribution in [2.24, 2.45) is 16.1 Å². The summed E-state index contributed by atoms with van der Waals surface area (Å²) in [6.07, 6.45) is -0.840. The number of carboxylic acids is 1. The quantitative estimate of drug-likeness (QED) is 0.118. The molecule has 0 aliphatic carbocycles. The summed E-state index contributed by atoms with van der Waals surface area (Å²) in [6.45, 7) is 8.02. The number of ketones is 1. The second kappa shape index (κ2) is 10.3. The van der Waals surface area contributed by atoms with E-state index >= 15 is 0 Å². The SMILES string of the molecule is [C-]#[N+]/C(C#N)=N\Nc1ccc(C2=NN(COC(=O)CC(=O)C(=O)O)C(=O)C[C@H]2C)cc1. The number of hydrogen-bond acceptors (Lipinski definition) is 9. The first-order chi connectivity index (χ1) is 14.7. The highest BCUT2D eigenvalue weighted by Crippen LogP contribution is 2.22. The normalized spacial score (nSPS) is 15.9. The summed E-state index contributed by atoms with van der Waals surface area (Å²) in [5.41, 5.74) is 4.33. The monoisotopic (exact) mass is 424 g/mol. The van der Waals surface area contributed by atoms with E-state index in [2.05, 4.69) is 20.5 Å². The van der Waals surface area contributed by atoms with Gasteiger partial charge in [0.15, 0.2) is 6.73 Å². The third-order valence-electron chi connectivity index (χ3n) is 4.03. The summed E-state index contributed by atoms with van der Waals surface area (Å²) >= 11 is 0. The number of nitriles is 1. The van der Waals surface area contributed by atoms with Gasteiger partial charge < -0.3 is 14.7 Å². The molecule has 158 valence electrons. The van der Waals surface area contributed by atoms with E-state index in [-0.39, 0.29) is 18.2 Å². The molecule has 0 saturated heterocycles. The molecule has 1 atom stereocenters. The van der Waals surface area contributed by atoms with Crippen molar-refractivity contribution in [3.05, 3.63) is 41.2 Å². The lowest BCUT2D eigenvalue weighted by molar-refractivity contribution is -0.158. The number of rotatable bonds is 8. The molecular formula is C19H16N6O6. The number of anilines is 1. The van der Waals surface area contributed by atoms with E-state index in [1.54, 1.807) is 37.3 Å². The largest absolute Gasteiger partial charge is 0.475 e. The molecule has 31 heavy (non-hydrogen) atoms. The highest BCUT2D eigenvalue weighted by atomic mass is 16.5. The Morgan fingerprint density at radius 2 is 2.10 bits per heavy atom. The molecule has 1 heterocycles. The number of amidine groups is 1. The molecule has 0 aromatic heterocycles. The smallest absolute Gasteiger partial charge is 0.372 e. The number of carbonyl (C=O) groups excluding carboxylic acids is 3. The first-order valence-electron chi connectivity index (χ1n) is 8.77. The topological polar surface area (TPSA) is 166 Å². The van der Waals surface area contributed by atoms with E-state index in [1.807, 2.05) is 0 Å². The Morgan fingerprint density at radius 3 is 2.68 bits per heavy atom. The molecule has 1 aromatic carbocycles. The van der Waals surface area contributed by atoms with Crippen LogP contribution in [-0.4, -0.2) is 52.0 Å². The number of amides is 1. The number of ether oxygens (including phenoxy) is 1. The van der Waals surface area contributed by atoms with Crippen molar-refractivity contribution in [3.63, 3.8) is 0 Å². The Hall–Kier alpha value is -4.58. The van der Waals surface area contributed by atoms with Gasteiger partial charge in [-0.15, -0.1) is 0 Å². The molecule has 1 amide bonds. The average Bonchev–Trinajstić information content (AvgIpc) is 2.74. The number of hydrazone groups is 2. The summed E-state index contributed by atoms with van der Waals surface area (Å²) in [7, 11) is 0. The van der Waals surface area contributed by atoms with Crippen LogP contribution in [0.25, 0.3) is 4.85 Å². The zero-order valence-corrected chi connectivity index (χ0v) is 16.2. The minimum atomic E-state index is -1.75. The van der Waals surface area contributed by atoms with Gasteiger partial charge in [0, 0.05) is 12.3 Å². The van der Waals surface area contributed by atoms with Crippen LogP contribution in [0.15, 0.2) is 34.5 Å². The van der Waals surface area contributed by atoms with Crippen LogP contribution >= 0.6 is 0 Å². The Kier molecular flexibility index (Phi) is 7.52. The van der Waals surface area contributed by atoms with Gasteiger partial charge in [-0.3, -0.25) is 14.4 Å². The van der Waals surface area contributed by atoms with Gasteiger partial charge in [0.05, 0.1) is 11.4 Å². The Labute approximate surface area is 176 Å².